The minimum absolute atomic E-state index is 0.405. The second-order valence-corrected chi connectivity index (χ2v) is 8.89. The molecule has 0 aromatic carbocycles. The van der Waals surface area contributed by atoms with Crippen molar-refractivity contribution in [1.82, 2.24) is 13.9 Å². The summed E-state index contributed by atoms with van der Waals surface area (Å²) in [6, 6.07) is 0.699. The lowest BCUT2D eigenvalue weighted by molar-refractivity contribution is 0.242. The summed E-state index contributed by atoms with van der Waals surface area (Å²) in [6.07, 6.45) is 5.70. The van der Waals surface area contributed by atoms with Crippen molar-refractivity contribution in [2.45, 2.75) is 52.0 Å². The van der Waals surface area contributed by atoms with Crippen molar-refractivity contribution in [3.05, 3.63) is 0 Å². The van der Waals surface area contributed by atoms with Crippen LogP contribution in [0, 0.1) is 11.8 Å². The van der Waals surface area contributed by atoms with Crippen molar-refractivity contribution >= 4 is 10.2 Å². The zero-order chi connectivity index (χ0) is 15.5. The molecule has 2 fully saturated rings. The quantitative estimate of drug-likeness (QED) is 0.741. The molecule has 0 bridgehead atoms. The van der Waals surface area contributed by atoms with Gasteiger partial charge < -0.3 is 5.32 Å². The largest absolute Gasteiger partial charge is 0.314 e. The summed E-state index contributed by atoms with van der Waals surface area (Å²) >= 11 is 0. The summed E-state index contributed by atoms with van der Waals surface area (Å²) in [4.78, 5) is 0. The number of piperidine rings is 1. The van der Waals surface area contributed by atoms with Crippen LogP contribution in [-0.2, 0) is 10.2 Å². The molecular weight excluding hydrogens is 286 g/mol. The van der Waals surface area contributed by atoms with Crippen molar-refractivity contribution in [3.8, 4) is 0 Å². The minimum Gasteiger partial charge on any atom is -0.314 e. The molecule has 0 radical (unpaired) electrons. The normalized spacial score (nSPS) is 26.2. The molecule has 2 unspecified atom stereocenters. The third-order valence-electron chi connectivity index (χ3n) is 4.74. The minimum atomic E-state index is -3.28. The van der Waals surface area contributed by atoms with Gasteiger partial charge in [-0.25, -0.2) is 0 Å². The molecule has 1 aliphatic carbocycles. The predicted octanol–water partition coefficient (Wildman–Crippen LogP) is 1.67. The van der Waals surface area contributed by atoms with Gasteiger partial charge in [0.25, 0.3) is 10.2 Å². The molecule has 2 rings (SSSR count). The summed E-state index contributed by atoms with van der Waals surface area (Å²) in [5.41, 5.74) is 0. The van der Waals surface area contributed by atoms with Crippen molar-refractivity contribution in [2.24, 2.45) is 11.8 Å². The van der Waals surface area contributed by atoms with Gasteiger partial charge in [0.05, 0.1) is 0 Å². The molecule has 1 N–H and O–H groups in total. The first-order valence-corrected chi connectivity index (χ1v) is 9.78. The topological polar surface area (TPSA) is 52.7 Å². The molecule has 0 spiro atoms. The molecule has 1 heterocycles. The van der Waals surface area contributed by atoms with Crippen LogP contribution < -0.4 is 5.32 Å². The average molecular weight is 317 g/mol. The van der Waals surface area contributed by atoms with Gasteiger partial charge in [-0.2, -0.15) is 17.0 Å². The fraction of sp³-hybridized carbons (Fsp3) is 1.00. The molecule has 2 atom stereocenters. The molecule has 5 nitrogen and oxygen atoms in total. The van der Waals surface area contributed by atoms with E-state index in [4.69, 9.17) is 0 Å². The van der Waals surface area contributed by atoms with E-state index in [-0.39, 0.29) is 0 Å². The van der Waals surface area contributed by atoms with E-state index in [1.54, 1.807) is 11.4 Å². The summed E-state index contributed by atoms with van der Waals surface area (Å²) in [5.74, 6) is 0.869. The first kappa shape index (κ1) is 17.2. The molecule has 2 aliphatic rings. The highest BCUT2D eigenvalue weighted by molar-refractivity contribution is 7.86. The Morgan fingerprint density at radius 3 is 2.67 bits per heavy atom. The highest BCUT2D eigenvalue weighted by atomic mass is 32.2. The van der Waals surface area contributed by atoms with Crippen LogP contribution in [-0.4, -0.2) is 56.3 Å². The van der Waals surface area contributed by atoms with E-state index in [2.05, 4.69) is 19.2 Å². The van der Waals surface area contributed by atoms with E-state index in [0.717, 1.165) is 25.8 Å². The lowest BCUT2D eigenvalue weighted by Gasteiger charge is -2.35. The summed E-state index contributed by atoms with van der Waals surface area (Å²) < 4.78 is 28.6. The third-order valence-corrected chi connectivity index (χ3v) is 6.66. The van der Waals surface area contributed by atoms with Crippen molar-refractivity contribution in [1.29, 1.82) is 0 Å². The maximum Gasteiger partial charge on any atom is 0.281 e. The Morgan fingerprint density at radius 2 is 2.05 bits per heavy atom. The molecule has 1 saturated heterocycles. The second kappa shape index (κ2) is 7.40. The maximum absolute atomic E-state index is 12.7. The van der Waals surface area contributed by atoms with Crippen LogP contribution in [0.25, 0.3) is 0 Å². The van der Waals surface area contributed by atoms with Crippen LogP contribution in [0.15, 0.2) is 0 Å². The predicted molar refractivity (Wildman–Crippen MR) is 86.3 cm³/mol. The highest BCUT2D eigenvalue weighted by Gasteiger charge is 2.32. The van der Waals surface area contributed by atoms with E-state index >= 15 is 0 Å². The summed E-state index contributed by atoms with van der Waals surface area (Å²) in [6.45, 7) is 7.13. The third kappa shape index (κ3) is 4.91. The fourth-order valence-corrected chi connectivity index (χ4v) is 4.48. The van der Waals surface area contributed by atoms with E-state index in [1.807, 2.05) is 0 Å². The number of rotatable bonds is 8. The van der Waals surface area contributed by atoms with Crippen LogP contribution in [0.5, 0.6) is 0 Å². The average Bonchev–Trinajstić information content (AvgIpc) is 3.29. The van der Waals surface area contributed by atoms with Gasteiger partial charge in [0.15, 0.2) is 0 Å². The van der Waals surface area contributed by atoms with Crippen LogP contribution >= 0.6 is 0 Å². The Kier molecular flexibility index (Phi) is 6.05. The molecule has 0 amide bonds. The Morgan fingerprint density at radius 1 is 1.33 bits per heavy atom. The SMILES string of the molecule is CCC(C)CN(C)S(=O)(=O)N1CCCC(CNC2CC2)C1. The highest BCUT2D eigenvalue weighted by Crippen LogP contribution is 2.23. The summed E-state index contributed by atoms with van der Waals surface area (Å²) in [5, 5.41) is 3.53. The monoisotopic (exact) mass is 317 g/mol. The van der Waals surface area contributed by atoms with Gasteiger partial charge in [0.1, 0.15) is 0 Å². The van der Waals surface area contributed by atoms with E-state index in [9.17, 15) is 8.42 Å². The smallest absolute Gasteiger partial charge is 0.281 e. The van der Waals surface area contributed by atoms with Gasteiger partial charge in [-0.3, -0.25) is 0 Å². The van der Waals surface area contributed by atoms with Crippen LogP contribution in [0.2, 0.25) is 0 Å². The zero-order valence-electron chi connectivity index (χ0n) is 13.7. The Labute approximate surface area is 130 Å². The summed E-state index contributed by atoms with van der Waals surface area (Å²) in [7, 11) is -1.57. The van der Waals surface area contributed by atoms with Gasteiger partial charge in [-0.15, -0.1) is 0 Å². The zero-order valence-corrected chi connectivity index (χ0v) is 14.5. The van der Waals surface area contributed by atoms with Crippen LogP contribution in [0.4, 0.5) is 0 Å². The van der Waals surface area contributed by atoms with Crippen LogP contribution in [0.1, 0.15) is 46.0 Å². The molecule has 21 heavy (non-hydrogen) atoms. The van der Waals surface area contributed by atoms with Crippen LogP contribution in [0.3, 0.4) is 0 Å². The Bertz CT molecular complexity index is 423. The Balaban J connectivity index is 1.88. The molecule has 124 valence electrons. The van der Waals surface area contributed by atoms with Gasteiger partial charge in [0, 0.05) is 32.7 Å². The standard InChI is InChI=1S/C15H31N3O2S/c1-4-13(2)11-17(3)21(19,20)18-9-5-6-14(12-18)10-16-15-7-8-15/h13-16H,4-12H2,1-3H3. The van der Waals surface area contributed by atoms with Gasteiger partial charge in [0.2, 0.25) is 0 Å². The molecule has 6 heteroatoms. The van der Waals surface area contributed by atoms with Crippen molar-refractivity contribution in [3.63, 3.8) is 0 Å². The fourth-order valence-electron chi connectivity index (χ4n) is 2.88. The first-order valence-electron chi connectivity index (χ1n) is 8.38. The number of hydrogen-bond donors (Lipinski definition) is 1. The number of nitrogens with zero attached hydrogens (tertiary/aromatic N) is 2. The van der Waals surface area contributed by atoms with Gasteiger partial charge in [-0.1, -0.05) is 20.3 Å². The van der Waals surface area contributed by atoms with Crippen molar-refractivity contribution in [2.75, 3.05) is 33.2 Å². The second-order valence-electron chi connectivity index (χ2n) is 6.85. The van der Waals surface area contributed by atoms with E-state index < -0.39 is 10.2 Å². The molecular formula is C15H31N3O2S. The van der Waals surface area contributed by atoms with Gasteiger partial charge in [-0.05, 0) is 44.1 Å². The number of nitrogens with one attached hydrogen (secondary N) is 1. The Hall–Kier alpha value is -0.170. The van der Waals surface area contributed by atoms with E-state index in [1.165, 1.54) is 17.1 Å². The van der Waals surface area contributed by atoms with E-state index in [0.29, 0.717) is 37.5 Å². The van der Waals surface area contributed by atoms with Crippen molar-refractivity contribution < 1.29 is 8.42 Å². The maximum atomic E-state index is 12.7. The lowest BCUT2D eigenvalue weighted by atomic mass is 10.00. The molecule has 0 aromatic heterocycles. The number of hydrogen-bond acceptors (Lipinski definition) is 3. The molecule has 0 aromatic rings. The molecule has 1 aliphatic heterocycles. The first-order chi connectivity index (χ1) is 9.93. The van der Waals surface area contributed by atoms with Gasteiger partial charge >= 0.3 is 0 Å². The lowest BCUT2D eigenvalue weighted by Crippen LogP contribution is -2.49. The molecule has 1 saturated carbocycles.